The second-order valence-corrected chi connectivity index (χ2v) is 7.38. The van der Waals surface area contributed by atoms with Gasteiger partial charge in [0.25, 0.3) is 0 Å². The molecule has 1 saturated heterocycles. The summed E-state index contributed by atoms with van der Waals surface area (Å²) in [5, 5.41) is 0. The number of nitrogens with zero attached hydrogens (tertiary/aromatic N) is 1. The molecule has 0 radical (unpaired) electrons. The number of hydrogen-bond acceptors (Lipinski definition) is 13. The van der Waals surface area contributed by atoms with Crippen LogP contribution in [-0.4, -0.2) is 79.3 Å². The first kappa shape index (κ1) is 27.7. The summed E-state index contributed by atoms with van der Waals surface area (Å²) >= 11 is 0. The molecule has 192 valence electrons. The fourth-order valence-electron chi connectivity index (χ4n) is 3.27. The lowest BCUT2D eigenvalue weighted by Crippen LogP contribution is -2.62. The van der Waals surface area contributed by atoms with Crippen LogP contribution in [0, 0.1) is 0 Å². The first-order valence-corrected chi connectivity index (χ1v) is 10.5. The molecule has 13 nitrogen and oxygen atoms in total. The van der Waals surface area contributed by atoms with Crippen LogP contribution in [0.5, 0.6) is 0 Å². The van der Waals surface area contributed by atoms with Crippen molar-refractivity contribution in [2.24, 2.45) is 0 Å². The Hall–Kier alpha value is -3.58. The average Bonchev–Trinajstić information content (AvgIpc) is 2.78. The van der Waals surface area contributed by atoms with Gasteiger partial charge in [-0.2, -0.15) is 0 Å². The Morgan fingerprint density at radius 1 is 0.857 bits per heavy atom. The van der Waals surface area contributed by atoms with Crippen molar-refractivity contribution in [2.45, 2.75) is 65.0 Å². The number of aromatic nitrogens is 1. The van der Waals surface area contributed by atoms with Crippen molar-refractivity contribution in [3.63, 3.8) is 0 Å². The molecule has 0 saturated carbocycles. The van der Waals surface area contributed by atoms with Crippen LogP contribution in [0.4, 0.5) is 0 Å². The Morgan fingerprint density at radius 3 is 2.03 bits per heavy atom. The third kappa shape index (κ3) is 8.30. The van der Waals surface area contributed by atoms with Gasteiger partial charge >= 0.3 is 29.8 Å². The van der Waals surface area contributed by atoms with E-state index in [9.17, 15) is 24.0 Å². The molecule has 0 spiro atoms. The Bertz CT molecular complexity index is 948. The zero-order chi connectivity index (χ0) is 26.1. The van der Waals surface area contributed by atoms with Gasteiger partial charge in [0, 0.05) is 27.7 Å². The number of pyridine rings is 1. The standard InChI is InChI=1S/C22H27NO12/c1-11(24)30-10-17-18(32-12(2)25)19(33-13(3)26)20(34-14(4)27)22(35-17)31-9-15-7-6-8-16(23-15)21(28)29-5/h6-8,17-20,22H,9-10H2,1-5H3/t17-,18-,19+,20-,22-/m1/s1. The van der Waals surface area contributed by atoms with Crippen LogP contribution in [0.2, 0.25) is 0 Å². The predicted molar refractivity (Wildman–Crippen MR) is 112 cm³/mol. The molecule has 0 bridgehead atoms. The first-order chi connectivity index (χ1) is 16.5. The number of methoxy groups -OCH3 is 1. The minimum absolute atomic E-state index is 0.0372. The zero-order valence-corrected chi connectivity index (χ0v) is 19.9. The van der Waals surface area contributed by atoms with E-state index in [1.54, 1.807) is 12.1 Å². The van der Waals surface area contributed by atoms with Gasteiger partial charge in [0.15, 0.2) is 24.6 Å². The lowest BCUT2D eigenvalue weighted by atomic mass is 9.98. The Morgan fingerprint density at radius 2 is 1.46 bits per heavy atom. The van der Waals surface area contributed by atoms with E-state index >= 15 is 0 Å². The third-order valence-electron chi connectivity index (χ3n) is 4.54. The van der Waals surface area contributed by atoms with Crippen LogP contribution >= 0.6 is 0 Å². The molecule has 5 atom stereocenters. The van der Waals surface area contributed by atoms with E-state index < -0.39 is 60.6 Å². The first-order valence-electron chi connectivity index (χ1n) is 10.5. The predicted octanol–water partition coefficient (Wildman–Crippen LogP) is 0.468. The Balaban J connectivity index is 2.37. The number of esters is 5. The van der Waals surface area contributed by atoms with Gasteiger partial charge in [-0.3, -0.25) is 19.2 Å². The second kappa shape index (κ2) is 12.8. The largest absolute Gasteiger partial charge is 0.464 e. The maximum absolute atomic E-state index is 11.8. The maximum Gasteiger partial charge on any atom is 0.356 e. The second-order valence-electron chi connectivity index (χ2n) is 7.38. The van der Waals surface area contributed by atoms with Gasteiger partial charge in [0.2, 0.25) is 0 Å². The van der Waals surface area contributed by atoms with Crippen LogP contribution in [0.3, 0.4) is 0 Å². The highest BCUT2D eigenvalue weighted by atomic mass is 16.7. The van der Waals surface area contributed by atoms with E-state index in [0.29, 0.717) is 5.69 Å². The molecule has 0 aromatic carbocycles. The fourth-order valence-corrected chi connectivity index (χ4v) is 3.27. The van der Waals surface area contributed by atoms with Gasteiger partial charge in [-0.25, -0.2) is 9.78 Å². The number of rotatable bonds is 9. The lowest BCUT2D eigenvalue weighted by molar-refractivity contribution is -0.310. The molecule has 0 aliphatic carbocycles. The van der Waals surface area contributed by atoms with E-state index in [1.165, 1.54) is 20.1 Å². The highest BCUT2D eigenvalue weighted by Gasteiger charge is 2.52. The topological polar surface area (TPSA) is 163 Å². The Kier molecular flexibility index (Phi) is 10.1. The summed E-state index contributed by atoms with van der Waals surface area (Å²) in [7, 11) is 1.21. The van der Waals surface area contributed by atoms with Crippen LogP contribution < -0.4 is 0 Å². The van der Waals surface area contributed by atoms with Gasteiger partial charge in [0.1, 0.15) is 18.4 Å². The van der Waals surface area contributed by atoms with Crippen molar-refractivity contribution in [1.82, 2.24) is 4.98 Å². The average molecular weight is 497 g/mol. The zero-order valence-electron chi connectivity index (χ0n) is 19.9. The molecule has 0 amide bonds. The molecular formula is C22H27NO12. The molecule has 1 fully saturated rings. The SMILES string of the molecule is COC(=O)c1cccc(CO[C@@H]2O[C@H](COC(C)=O)[C@@H](OC(C)=O)[C@H](OC(C)=O)[C@H]2OC(C)=O)n1. The molecule has 35 heavy (non-hydrogen) atoms. The minimum atomic E-state index is -1.36. The van der Waals surface area contributed by atoms with Crippen molar-refractivity contribution in [1.29, 1.82) is 0 Å². The highest BCUT2D eigenvalue weighted by Crippen LogP contribution is 2.30. The van der Waals surface area contributed by atoms with Gasteiger partial charge in [-0.05, 0) is 12.1 Å². The monoisotopic (exact) mass is 497 g/mol. The number of carbonyl (C=O) groups excluding carboxylic acids is 5. The molecule has 1 aromatic heterocycles. The summed E-state index contributed by atoms with van der Waals surface area (Å²) in [5.41, 5.74) is 0.343. The van der Waals surface area contributed by atoms with E-state index in [1.807, 2.05) is 0 Å². The highest BCUT2D eigenvalue weighted by molar-refractivity contribution is 5.87. The van der Waals surface area contributed by atoms with Gasteiger partial charge < -0.3 is 33.2 Å². The van der Waals surface area contributed by atoms with Gasteiger partial charge in [-0.1, -0.05) is 6.07 Å². The minimum Gasteiger partial charge on any atom is -0.464 e. The summed E-state index contributed by atoms with van der Waals surface area (Å²) in [6.07, 6.45) is -6.51. The molecule has 2 heterocycles. The van der Waals surface area contributed by atoms with Gasteiger partial charge in [0.05, 0.1) is 19.4 Å². The molecule has 2 rings (SSSR count). The van der Waals surface area contributed by atoms with Gasteiger partial charge in [-0.15, -0.1) is 0 Å². The summed E-state index contributed by atoms with van der Waals surface area (Å²) in [6.45, 7) is 3.92. The number of ether oxygens (including phenoxy) is 7. The van der Waals surface area contributed by atoms with E-state index in [0.717, 1.165) is 20.8 Å². The smallest absolute Gasteiger partial charge is 0.356 e. The molecule has 1 aliphatic heterocycles. The molecule has 1 aromatic rings. The quantitative estimate of drug-likeness (QED) is 0.342. The van der Waals surface area contributed by atoms with Crippen LogP contribution in [-0.2, 0) is 58.9 Å². The summed E-state index contributed by atoms with van der Waals surface area (Å²) in [4.78, 5) is 62.7. The molecular weight excluding hydrogens is 470 g/mol. The van der Waals surface area contributed by atoms with Crippen molar-refractivity contribution in [3.8, 4) is 0 Å². The molecule has 1 aliphatic rings. The lowest BCUT2D eigenvalue weighted by Gasteiger charge is -2.44. The molecule has 0 unspecified atom stereocenters. The van der Waals surface area contributed by atoms with Crippen LogP contribution in [0.1, 0.15) is 43.9 Å². The molecule has 13 heteroatoms. The normalized spacial score (nSPS) is 23.5. The van der Waals surface area contributed by atoms with Crippen molar-refractivity contribution in [3.05, 3.63) is 29.6 Å². The number of hydrogen-bond donors (Lipinski definition) is 0. The summed E-state index contributed by atoms with van der Waals surface area (Å²) < 4.78 is 37.2. The van der Waals surface area contributed by atoms with E-state index in [-0.39, 0.29) is 18.9 Å². The fraction of sp³-hybridized carbons (Fsp3) is 0.545. The summed E-state index contributed by atoms with van der Waals surface area (Å²) in [6, 6.07) is 4.58. The maximum atomic E-state index is 11.8. The van der Waals surface area contributed by atoms with Crippen molar-refractivity contribution < 1.29 is 57.1 Å². The van der Waals surface area contributed by atoms with Crippen molar-refractivity contribution >= 4 is 29.8 Å². The Labute approximate surface area is 200 Å². The third-order valence-corrected chi connectivity index (χ3v) is 4.54. The van der Waals surface area contributed by atoms with Crippen molar-refractivity contribution in [2.75, 3.05) is 13.7 Å². The van der Waals surface area contributed by atoms with Crippen LogP contribution in [0.25, 0.3) is 0 Å². The van der Waals surface area contributed by atoms with Crippen LogP contribution in [0.15, 0.2) is 18.2 Å². The molecule has 0 N–H and O–H groups in total. The summed E-state index contributed by atoms with van der Waals surface area (Å²) in [5.74, 6) is -3.55. The van der Waals surface area contributed by atoms with E-state index in [4.69, 9.17) is 28.4 Å². The van der Waals surface area contributed by atoms with E-state index in [2.05, 4.69) is 9.72 Å². The number of carbonyl (C=O) groups is 5.